The Morgan fingerprint density at radius 2 is 2.06 bits per heavy atom. The fourth-order valence-electron chi connectivity index (χ4n) is 5.00. The Morgan fingerprint density at radius 3 is 2.74 bits per heavy atom. The fourth-order valence-corrected chi connectivity index (χ4v) is 5.00. The highest BCUT2D eigenvalue weighted by Crippen LogP contribution is 2.39. The van der Waals surface area contributed by atoms with Crippen LogP contribution < -0.4 is 10.5 Å². The number of aryl methyl sites for hydroxylation is 2. The van der Waals surface area contributed by atoms with E-state index >= 15 is 4.39 Å². The molecule has 0 saturated carbocycles. The molecule has 1 amide bonds. The van der Waals surface area contributed by atoms with Crippen LogP contribution in [0, 0.1) is 19.7 Å². The molecule has 188 valence electrons. The number of amides is 1. The van der Waals surface area contributed by atoms with Gasteiger partial charge in [-0.3, -0.25) is 9.20 Å². The highest BCUT2D eigenvalue weighted by Gasteiger charge is 2.35. The van der Waals surface area contributed by atoms with Gasteiger partial charge in [-0.05, 0) is 52.2 Å². The first-order valence-electron chi connectivity index (χ1n) is 12.0. The quantitative estimate of drug-likeness (QED) is 0.540. The number of likely N-dealkylation sites (tertiary alicyclic amines) is 1. The van der Waals surface area contributed by atoms with Crippen molar-refractivity contribution in [2.75, 3.05) is 26.0 Å². The van der Waals surface area contributed by atoms with E-state index < -0.39 is 5.82 Å². The maximum absolute atomic E-state index is 15.7. The highest BCUT2D eigenvalue weighted by atomic mass is 19.1. The van der Waals surface area contributed by atoms with Gasteiger partial charge in [-0.1, -0.05) is 6.92 Å². The van der Waals surface area contributed by atoms with Gasteiger partial charge >= 0.3 is 0 Å². The van der Waals surface area contributed by atoms with E-state index in [4.69, 9.17) is 20.2 Å². The lowest BCUT2D eigenvalue weighted by Crippen LogP contribution is -2.39. The molecular formula is C26H34FN5O3. The van der Waals surface area contributed by atoms with Crippen molar-refractivity contribution >= 4 is 17.2 Å². The lowest BCUT2D eigenvalue weighted by molar-refractivity contribution is 0.0619. The number of imidazole rings is 1. The molecule has 2 atom stereocenters. The first kappa shape index (κ1) is 24.9. The van der Waals surface area contributed by atoms with Gasteiger partial charge in [0.1, 0.15) is 34.3 Å². The minimum absolute atomic E-state index is 0.0256. The zero-order chi connectivity index (χ0) is 25.4. The molecule has 35 heavy (non-hydrogen) atoms. The van der Waals surface area contributed by atoms with E-state index in [0.717, 1.165) is 24.1 Å². The largest absolute Gasteiger partial charge is 0.490 e. The topological polar surface area (TPSA) is 95.0 Å². The van der Waals surface area contributed by atoms with Crippen LogP contribution in [-0.4, -0.2) is 57.6 Å². The summed E-state index contributed by atoms with van der Waals surface area (Å²) in [6, 6.07) is 1.67. The monoisotopic (exact) mass is 483 g/mol. The summed E-state index contributed by atoms with van der Waals surface area (Å²) in [4.78, 5) is 24.4. The van der Waals surface area contributed by atoms with E-state index in [-0.39, 0.29) is 35.3 Å². The predicted molar refractivity (Wildman–Crippen MR) is 132 cm³/mol. The molecule has 1 aliphatic rings. The molecule has 1 fully saturated rings. The third-order valence-electron chi connectivity index (χ3n) is 6.63. The van der Waals surface area contributed by atoms with Gasteiger partial charge < -0.3 is 20.1 Å². The maximum atomic E-state index is 15.7. The van der Waals surface area contributed by atoms with Gasteiger partial charge in [-0.25, -0.2) is 14.4 Å². The minimum Gasteiger partial charge on any atom is -0.490 e. The average molecular weight is 484 g/mol. The first-order valence-corrected chi connectivity index (χ1v) is 12.0. The summed E-state index contributed by atoms with van der Waals surface area (Å²) in [6.45, 7) is 10.2. The molecule has 1 saturated heterocycles. The second-order valence-electron chi connectivity index (χ2n) is 9.53. The number of nitrogen functional groups attached to an aromatic ring is 1. The lowest BCUT2D eigenvalue weighted by Gasteiger charge is -2.28. The summed E-state index contributed by atoms with van der Waals surface area (Å²) in [5, 5.41) is 0. The van der Waals surface area contributed by atoms with Gasteiger partial charge in [0.05, 0.1) is 24.4 Å². The number of carbonyl (C=O) groups excluding carboxylic acids is 1. The number of fused-ring (bicyclic) bond motifs is 1. The summed E-state index contributed by atoms with van der Waals surface area (Å²) >= 11 is 0. The van der Waals surface area contributed by atoms with Crippen LogP contribution in [0.1, 0.15) is 72.5 Å². The minimum atomic E-state index is -0.553. The van der Waals surface area contributed by atoms with Crippen molar-refractivity contribution in [2.45, 2.75) is 65.5 Å². The molecule has 9 heteroatoms. The first-order chi connectivity index (χ1) is 16.6. The summed E-state index contributed by atoms with van der Waals surface area (Å²) in [6.07, 6.45) is 4.85. The van der Waals surface area contributed by atoms with Crippen molar-refractivity contribution in [1.29, 1.82) is 0 Å². The molecule has 1 aromatic carbocycles. The molecule has 3 heterocycles. The molecule has 0 radical (unpaired) electrons. The molecular weight excluding hydrogens is 449 g/mol. The number of carbonyl (C=O) groups is 1. The fraction of sp³-hybridized carbons (Fsp3) is 0.500. The number of anilines is 1. The zero-order valence-corrected chi connectivity index (χ0v) is 21.3. The Balaban J connectivity index is 1.89. The second-order valence-corrected chi connectivity index (χ2v) is 9.53. The van der Waals surface area contributed by atoms with Crippen LogP contribution in [0.4, 0.5) is 10.2 Å². The van der Waals surface area contributed by atoms with Crippen LogP contribution in [0.15, 0.2) is 18.5 Å². The summed E-state index contributed by atoms with van der Waals surface area (Å²) in [7, 11) is 1.61. The number of aromatic nitrogens is 3. The van der Waals surface area contributed by atoms with Crippen molar-refractivity contribution in [3.05, 3.63) is 52.5 Å². The number of hydrogen-bond donors (Lipinski definition) is 1. The number of rotatable bonds is 7. The molecule has 0 bridgehead atoms. The molecule has 0 spiro atoms. The van der Waals surface area contributed by atoms with Crippen molar-refractivity contribution in [3.63, 3.8) is 0 Å². The Morgan fingerprint density at radius 1 is 1.31 bits per heavy atom. The Labute approximate surface area is 205 Å². The maximum Gasteiger partial charge on any atom is 0.260 e. The SMILES string of the molecule is COC[C@@H]1CCCN1C(=O)c1c(F)c(C)cc([C@H](C)c2nc(C)c3c(N)nccn23)c1OC(C)C. The van der Waals surface area contributed by atoms with Crippen molar-refractivity contribution in [2.24, 2.45) is 0 Å². The molecule has 2 N–H and O–H groups in total. The van der Waals surface area contributed by atoms with Crippen molar-refractivity contribution in [1.82, 2.24) is 19.3 Å². The van der Waals surface area contributed by atoms with E-state index in [1.54, 1.807) is 31.2 Å². The number of nitrogens with two attached hydrogens (primary N) is 1. The Hall–Kier alpha value is -3.20. The second kappa shape index (κ2) is 9.81. The smallest absolute Gasteiger partial charge is 0.260 e. The van der Waals surface area contributed by atoms with Crippen molar-refractivity contribution < 1.29 is 18.7 Å². The normalized spacial score (nSPS) is 16.9. The van der Waals surface area contributed by atoms with Gasteiger partial charge in [0, 0.05) is 37.5 Å². The van der Waals surface area contributed by atoms with Crippen LogP contribution in [-0.2, 0) is 4.74 Å². The zero-order valence-electron chi connectivity index (χ0n) is 21.3. The van der Waals surface area contributed by atoms with Crippen LogP contribution in [0.25, 0.3) is 5.52 Å². The number of nitrogens with zero attached hydrogens (tertiary/aromatic N) is 4. The third kappa shape index (κ3) is 4.45. The lowest BCUT2D eigenvalue weighted by atomic mass is 9.93. The van der Waals surface area contributed by atoms with E-state index in [1.807, 2.05) is 38.3 Å². The van der Waals surface area contributed by atoms with Crippen LogP contribution in [0.5, 0.6) is 5.75 Å². The Kier molecular flexibility index (Phi) is 6.98. The summed E-state index contributed by atoms with van der Waals surface area (Å²) < 4.78 is 29.1. The Bertz CT molecular complexity index is 1260. The van der Waals surface area contributed by atoms with E-state index in [0.29, 0.717) is 35.9 Å². The van der Waals surface area contributed by atoms with Gasteiger partial charge in [-0.2, -0.15) is 0 Å². The van der Waals surface area contributed by atoms with Crippen LogP contribution in [0.2, 0.25) is 0 Å². The molecule has 3 aromatic rings. The van der Waals surface area contributed by atoms with Gasteiger partial charge in [-0.15, -0.1) is 0 Å². The molecule has 4 rings (SSSR count). The number of halogens is 1. The third-order valence-corrected chi connectivity index (χ3v) is 6.63. The highest BCUT2D eigenvalue weighted by molar-refractivity contribution is 5.98. The van der Waals surface area contributed by atoms with Gasteiger partial charge in [0.15, 0.2) is 0 Å². The average Bonchev–Trinajstić information content (AvgIpc) is 3.40. The van der Waals surface area contributed by atoms with E-state index in [9.17, 15) is 4.79 Å². The summed E-state index contributed by atoms with van der Waals surface area (Å²) in [5.74, 6) is 0.128. The number of methoxy groups -OCH3 is 1. The number of ether oxygens (including phenoxy) is 2. The van der Waals surface area contributed by atoms with E-state index in [2.05, 4.69) is 4.98 Å². The predicted octanol–water partition coefficient (Wildman–Crippen LogP) is 4.26. The van der Waals surface area contributed by atoms with Gasteiger partial charge in [0.2, 0.25) is 0 Å². The summed E-state index contributed by atoms with van der Waals surface area (Å²) in [5.41, 5.74) is 8.65. The molecule has 2 aromatic heterocycles. The molecule has 0 aliphatic carbocycles. The molecule has 0 unspecified atom stereocenters. The van der Waals surface area contributed by atoms with Crippen molar-refractivity contribution in [3.8, 4) is 5.75 Å². The number of hydrogen-bond acceptors (Lipinski definition) is 6. The van der Waals surface area contributed by atoms with Crippen LogP contribution in [0.3, 0.4) is 0 Å². The standard InChI is InChI=1S/C26H34FN5O3/c1-14(2)35-23-19(16(4)25-30-17(5)22-24(28)29-9-11-32(22)25)12-15(3)21(27)20(23)26(33)31-10-7-8-18(31)13-34-6/h9,11-12,14,16,18H,7-8,10,13H2,1-6H3,(H2,28,29)/t16-,18-/m0/s1. The van der Waals surface area contributed by atoms with Gasteiger partial charge in [0.25, 0.3) is 5.91 Å². The molecule has 1 aliphatic heterocycles. The van der Waals surface area contributed by atoms with E-state index in [1.165, 1.54) is 0 Å². The van der Waals surface area contributed by atoms with Crippen LogP contribution >= 0.6 is 0 Å². The molecule has 8 nitrogen and oxygen atoms in total. The number of benzene rings is 1.